The van der Waals surface area contributed by atoms with Crippen LogP contribution in [0.4, 0.5) is 0 Å². The molecule has 0 bridgehead atoms. The largest absolute Gasteiger partial charge is 0.384 e. The average Bonchev–Trinajstić information content (AvgIpc) is 3.17. The summed E-state index contributed by atoms with van der Waals surface area (Å²) in [5.74, 6) is 0.547. The lowest BCUT2D eigenvalue weighted by atomic mass is 9.89. The zero-order valence-corrected chi connectivity index (χ0v) is 12.2. The highest BCUT2D eigenvalue weighted by atomic mass is 16.5. The Morgan fingerprint density at radius 3 is 2.63 bits per heavy atom. The Labute approximate surface area is 114 Å². The third-order valence-corrected chi connectivity index (χ3v) is 4.29. The Bertz CT molecular complexity index is 381. The van der Waals surface area contributed by atoms with Crippen LogP contribution in [0.2, 0.25) is 0 Å². The molecule has 1 saturated heterocycles. The van der Waals surface area contributed by atoms with Crippen molar-refractivity contribution in [1.29, 1.82) is 0 Å². The summed E-state index contributed by atoms with van der Waals surface area (Å²) < 4.78 is 5.12. The predicted molar refractivity (Wildman–Crippen MR) is 71.5 cm³/mol. The van der Waals surface area contributed by atoms with Crippen molar-refractivity contribution in [1.82, 2.24) is 10.2 Å². The topological polar surface area (TPSA) is 58.6 Å². The molecule has 0 aromatic heterocycles. The van der Waals surface area contributed by atoms with Gasteiger partial charge in [-0.05, 0) is 38.5 Å². The van der Waals surface area contributed by atoms with E-state index in [9.17, 15) is 9.59 Å². The normalized spacial score (nSPS) is 33.3. The molecule has 0 radical (unpaired) electrons. The third kappa shape index (κ3) is 2.61. The molecule has 3 atom stereocenters. The number of carbonyl (C=O) groups is 2. The van der Waals surface area contributed by atoms with E-state index in [2.05, 4.69) is 5.32 Å². The lowest BCUT2D eigenvalue weighted by molar-refractivity contribution is -0.155. The summed E-state index contributed by atoms with van der Waals surface area (Å²) in [7, 11) is 1.65. The summed E-state index contributed by atoms with van der Waals surface area (Å²) >= 11 is 0. The van der Waals surface area contributed by atoms with Gasteiger partial charge in [0.1, 0.15) is 11.6 Å². The summed E-state index contributed by atoms with van der Waals surface area (Å²) in [4.78, 5) is 26.5. The van der Waals surface area contributed by atoms with Gasteiger partial charge in [-0.25, -0.2) is 0 Å². The minimum Gasteiger partial charge on any atom is -0.384 e. The van der Waals surface area contributed by atoms with Crippen LogP contribution in [0.15, 0.2) is 0 Å². The van der Waals surface area contributed by atoms with E-state index in [1.807, 2.05) is 13.8 Å². The standard InChI is InChI=1S/C14H24N2O3/c1-9(8-19-4)7-16-10(2)12(17)15-14(3,13(16)18)11-5-6-11/h9-11H,5-8H2,1-4H3,(H,15,17). The first-order valence-corrected chi connectivity index (χ1v) is 7.02. The molecule has 3 unspecified atom stereocenters. The smallest absolute Gasteiger partial charge is 0.249 e. The highest BCUT2D eigenvalue weighted by molar-refractivity contribution is 5.99. The van der Waals surface area contributed by atoms with Crippen molar-refractivity contribution < 1.29 is 14.3 Å². The number of ether oxygens (including phenoxy) is 1. The van der Waals surface area contributed by atoms with Gasteiger partial charge in [-0.1, -0.05) is 6.92 Å². The Kier molecular flexibility index (Phi) is 3.85. The van der Waals surface area contributed by atoms with Crippen LogP contribution in [0, 0.1) is 11.8 Å². The molecule has 0 aromatic carbocycles. The first-order chi connectivity index (χ1) is 8.90. The summed E-state index contributed by atoms with van der Waals surface area (Å²) in [6, 6.07) is -0.390. The molecule has 2 aliphatic rings. The lowest BCUT2D eigenvalue weighted by Crippen LogP contribution is -2.70. The number of rotatable bonds is 5. The summed E-state index contributed by atoms with van der Waals surface area (Å²) in [5, 5.41) is 2.93. The number of nitrogens with zero attached hydrogens (tertiary/aromatic N) is 1. The van der Waals surface area contributed by atoms with E-state index < -0.39 is 11.6 Å². The van der Waals surface area contributed by atoms with Crippen LogP contribution in [0.5, 0.6) is 0 Å². The molecule has 1 aliphatic carbocycles. The zero-order valence-electron chi connectivity index (χ0n) is 12.2. The number of piperazine rings is 1. The second kappa shape index (κ2) is 5.12. The second-order valence-corrected chi connectivity index (χ2v) is 6.16. The molecule has 1 aliphatic heterocycles. The van der Waals surface area contributed by atoms with Gasteiger partial charge in [-0.2, -0.15) is 0 Å². The maximum atomic E-state index is 12.7. The molecule has 1 N–H and O–H groups in total. The van der Waals surface area contributed by atoms with Crippen LogP contribution >= 0.6 is 0 Å². The fraction of sp³-hybridized carbons (Fsp3) is 0.857. The van der Waals surface area contributed by atoms with E-state index in [1.54, 1.807) is 18.9 Å². The Hall–Kier alpha value is -1.10. The minimum atomic E-state index is -0.698. The molecule has 2 fully saturated rings. The lowest BCUT2D eigenvalue weighted by Gasteiger charge is -2.44. The maximum Gasteiger partial charge on any atom is 0.249 e. The number of carbonyl (C=O) groups excluding carboxylic acids is 2. The van der Waals surface area contributed by atoms with Crippen molar-refractivity contribution in [3.63, 3.8) is 0 Å². The molecule has 2 rings (SSSR count). The van der Waals surface area contributed by atoms with Gasteiger partial charge < -0.3 is 15.0 Å². The fourth-order valence-electron chi connectivity index (χ4n) is 2.88. The SMILES string of the molecule is COCC(C)CN1C(=O)C(C)(C2CC2)NC(=O)C1C. The Morgan fingerprint density at radius 1 is 1.47 bits per heavy atom. The molecular weight excluding hydrogens is 244 g/mol. The number of amides is 2. The van der Waals surface area contributed by atoms with Gasteiger partial charge in [-0.3, -0.25) is 9.59 Å². The molecule has 5 nitrogen and oxygen atoms in total. The van der Waals surface area contributed by atoms with Gasteiger partial charge in [0, 0.05) is 13.7 Å². The van der Waals surface area contributed by atoms with Crippen molar-refractivity contribution in [2.45, 2.75) is 45.2 Å². The second-order valence-electron chi connectivity index (χ2n) is 6.16. The monoisotopic (exact) mass is 268 g/mol. The summed E-state index contributed by atoms with van der Waals surface area (Å²) in [5.41, 5.74) is -0.698. The third-order valence-electron chi connectivity index (χ3n) is 4.29. The number of hydrogen-bond donors (Lipinski definition) is 1. The van der Waals surface area contributed by atoms with Gasteiger partial charge in [0.2, 0.25) is 11.8 Å². The van der Waals surface area contributed by atoms with Crippen LogP contribution < -0.4 is 5.32 Å². The summed E-state index contributed by atoms with van der Waals surface area (Å²) in [6.07, 6.45) is 2.05. The van der Waals surface area contributed by atoms with E-state index in [0.29, 0.717) is 19.1 Å². The molecule has 2 amide bonds. The highest BCUT2D eigenvalue weighted by Gasteiger charge is 2.54. The molecular formula is C14H24N2O3. The van der Waals surface area contributed by atoms with Gasteiger partial charge in [0.25, 0.3) is 0 Å². The van der Waals surface area contributed by atoms with Gasteiger partial charge in [0.15, 0.2) is 0 Å². The van der Waals surface area contributed by atoms with Crippen LogP contribution in [-0.2, 0) is 14.3 Å². The molecule has 1 saturated carbocycles. The summed E-state index contributed by atoms with van der Waals surface area (Å²) in [6.45, 7) is 6.86. The zero-order chi connectivity index (χ0) is 14.2. The van der Waals surface area contributed by atoms with Crippen molar-refractivity contribution in [3.05, 3.63) is 0 Å². The van der Waals surface area contributed by atoms with E-state index in [-0.39, 0.29) is 17.7 Å². The van der Waals surface area contributed by atoms with Gasteiger partial charge >= 0.3 is 0 Å². The number of nitrogens with one attached hydrogen (secondary N) is 1. The highest BCUT2D eigenvalue weighted by Crippen LogP contribution is 2.42. The first-order valence-electron chi connectivity index (χ1n) is 7.02. The Balaban J connectivity index is 2.14. The van der Waals surface area contributed by atoms with E-state index in [4.69, 9.17) is 4.74 Å². The molecule has 108 valence electrons. The fourth-order valence-corrected chi connectivity index (χ4v) is 2.88. The number of hydrogen-bond acceptors (Lipinski definition) is 3. The maximum absolute atomic E-state index is 12.7. The number of methoxy groups -OCH3 is 1. The van der Waals surface area contributed by atoms with Crippen LogP contribution in [0.1, 0.15) is 33.6 Å². The van der Waals surface area contributed by atoms with E-state index in [1.165, 1.54) is 0 Å². The average molecular weight is 268 g/mol. The predicted octanol–water partition coefficient (Wildman–Crippen LogP) is 0.784. The van der Waals surface area contributed by atoms with Crippen LogP contribution in [0.3, 0.4) is 0 Å². The molecule has 0 spiro atoms. The molecule has 1 heterocycles. The van der Waals surface area contributed by atoms with E-state index >= 15 is 0 Å². The minimum absolute atomic E-state index is 0.0429. The van der Waals surface area contributed by atoms with Gasteiger partial charge in [-0.15, -0.1) is 0 Å². The van der Waals surface area contributed by atoms with Crippen molar-refractivity contribution >= 4 is 11.8 Å². The molecule has 0 aromatic rings. The molecule has 5 heteroatoms. The van der Waals surface area contributed by atoms with Crippen molar-refractivity contribution in [3.8, 4) is 0 Å². The Morgan fingerprint density at radius 2 is 2.11 bits per heavy atom. The van der Waals surface area contributed by atoms with Crippen LogP contribution in [-0.4, -0.2) is 48.6 Å². The van der Waals surface area contributed by atoms with E-state index in [0.717, 1.165) is 12.8 Å². The quantitative estimate of drug-likeness (QED) is 0.802. The van der Waals surface area contributed by atoms with Crippen molar-refractivity contribution in [2.75, 3.05) is 20.3 Å². The first kappa shape index (κ1) is 14.3. The molecule has 19 heavy (non-hydrogen) atoms. The van der Waals surface area contributed by atoms with Crippen molar-refractivity contribution in [2.24, 2.45) is 11.8 Å². The van der Waals surface area contributed by atoms with Crippen LogP contribution in [0.25, 0.3) is 0 Å². The van der Waals surface area contributed by atoms with Gasteiger partial charge in [0.05, 0.1) is 6.61 Å².